The average Bonchev–Trinajstić information content (AvgIpc) is 2.29. The Bertz CT molecular complexity index is 382. The van der Waals surface area contributed by atoms with Crippen LogP contribution in [0.4, 0.5) is 20.2 Å². The number of anilines is 2. The molecule has 0 bridgehead atoms. The Kier molecular flexibility index (Phi) is 3.76. The molecule has 0 unspecified atom stereocenters. The highest BCUT2D eigenvalue weighted by atomic mass is 19.3. The minimum Gasteiger partial charge on any atom is -0.386 e. The van der Waals surface area contributed by atoms with Gasteiger partial charge >= 0.3 is 5.92 Å². The van der Waals surface area contributed by atoms with Gasteiger partial charge in [0.2, 0.25) is 0 Å². The summed E-state index contributed by atoms with van der Waals surface area (Å²) in [6, 6.07) is 1.58. The fourth-order valence-electron chi connectivity index (χ4n) is 1.09. The Morgan fingerprint density at radius 1 is 1.50 bits per heavy atom. The van der Waals surface area contributed by atoms with Crippen LogP contribution in [0.25, 0.3) is 0 Å². The topological polar surface area (TPSA) is 54.0 Å². The summed E-state index contributed by atoms with van der Waals surface area (Å²) in [6.07, 6.45) is 2.28. The highest BCUT2D eigenvalue weighted by Crippen LogP contribution is 2.24. The van der Waals surface area contributed by atoms with Crippen molar-refractivity contribution in [1.29, 1.82) is 0 Å². The molecule has 6 heteroatoms. The summed E-state index contributed by atoms with van der Waals surface area (Å²) in [4.78, 5) is 15.0. The van der Waals surface area contributed by atoms with E-state index in [0.717, 1.165) is 0 Å². The summed E-state index contributed by atoms with van der Waals surface area (Å²) in [5.74, 6) is -4.68. The third kappa shape index (κ3) is 2.65. The highest BCUT2D eigenvalue weighted by Gasteiger charge is 2.36. The zero-order chi connectivity index (χ0) is 12.2. The van der Waals surface area contributed by atoms with E-state index in [4.69, 9.17) is 0 Å². The number of rotatable bonds is 4. The first-order valence-corrected chi connectivity index (χ1v) is 4.82. The van der Waals surface area contributed by atoms with Crippen LogP contribution < -0.4 is 10.6 Å². The van der Waals surface area contributed by atoms with Gasteiger partial charge in [-0.05, 0) is 6.07 Å². The number of hydrogen-bond acceptors (Lipinski definition) is 3. The summed E-state index contributed by atoms with van der Waals surface area (Å²) < 4.78 is 26.0. The summed E-state index contributed by atoms with van der Waals surface area (Å²) >= 11 is 0. The predicted octanol–water partition coefficient (Wildman–Crippen LogP) is 2.11. The smallest absolute Gasteiger partial charge is 0.324 e. The number of aromatic nitrogens is 1. The van der Waals surface area contributed by atoms with Crippen molar-refractivity contribution in [3.8, 4) is 0 Å². The van der Waals surface area contributed by atoms with E-state index in [9.17, 15) is 13.6 Å². The van der Waals surface area contributed by atoms with Crippen molar-refractivity contribution in [3.05, 3.63) is 18.5 Å². The maximum Gasteiger partial charge on any atom is 0.324 e. The zero-order valence-corrected chi connectivity index (χ0v) is 9.05. The molecule has 0 atom stereocenters. The number of nitrogens with one attached hydrogen (secondary N) is 2. The Hall–Kier alpha value is -1.72. The van der Waals surface area contributed by atoms with Crippen LogP contribution in [0, 0.1) is 0 Å². The molecule has 1 aromatic rings. The van der Waals surface area contributed by atoms with E-state index in [0.29, 0.717) is 5.69 Å². The first-order chi connectivity index (χ1) is 7.51. The third-order valence-electron chi connectivity index (χ3n) is 2.11. The van der Waals surface area contributed by atoms with Gasteiger partial charge in [-0.1, -0.05) is 6.92 Å². The van der Waals surface area contributed by atoms with Gasteiger partial charge in [-0.2, -0.15) is 8.78 Å². The van der Waals surface area contributed by atoms with Crippen LogP contribution in [0.1, 0.15) is 13.3 Å². The van der Waals surface area contributed by atoms with E-state index in [1.165, 1.54) is 19.3 Å². The number of carbonyl (C=O) groups excluding carboxylic acids is 1. The molecule has 0 aliphatic rings. The molecule has 1 aromatic heterocycles. The molecule has 0 fully saturated rings. The van der Waals surface area contributed by atoms with E-state index < -0.39 is 18.3 Å². The number of alkyl halides is 2. The summed E-state index contributed by atoms with van der Waals surface area (Å²) in [7, 11) is 1.63. The molecule has 0 saturated heterocycles. The lowest BCUT2D eigenvalue weighted by Gasteiger charge is -2.15. The third-order valence-corrected chi connectivity index (χ3v) is 2.11. The summed E-state index contributed by atoms with van der Waals surface area (Å²) in [5.41, 5.74) is 0.776. The minimum absolute atomic E-state index is 0.239. The van der Waals surface area contributed by atoms with Gasteiger partial charge in [0.05, 0.1) is 17.6 Å². The molecule has 16 heavy (non-hydrogen) atoms. The quantitative estimate of drug-likeness (QED) is 0.831. The largest absolute Gasteiger partial charge is 0.386 e. The van der Waals surface area contributed by atoms with Crippen molar-refractivity contribution in [1.82, 2.24) is 4.98 Å². The van der Waals surface area contributed by atoms with Crippen molar-refractivity contribution in [2.75, 3.05) is 17.7 Å². The fraction of sp³-hybridized carbons (Fsp3) is 0.400. The van der Waals surface area contributed by atoms with Gasteiger partial charge < -0.3 is 10.6 Å². The molecule has 1 rings (SSSR count). The number of amides is 1. The number of nitrogens with zero attached hydrogens (tertiary/aromatic N) is 1. The lowest BCUT2D eigenvalue weighted by molar-refractivity contribution is -0.139. The summed E-state index contributed by atoms with van der Waals surface area (Å²) in [5, 5.41) is 4.91. The molecule has 88 valence electrons. The average molecular weight is 229 g/mol. The molecule has 0 aromatic carbocycles. The Labute approximate surface area is 92.1 Å². The fourth-order valence-corrected chi connectivity index (χ4v) is 1.09. The van der Waals surface area contributed by atoms with Crippen LogP contribution in [0.2, 0.25) is 0 Å². The number of pyridine rings is 1. The maximum absolute atomic E-state index is 13.0. The Morgan fingerprint density at radius 3 is 2.75 bits per heavy atom. The van der Waals surface area contributed by atoms with Crippen molar-refractivity contribution in [3.63, 3.8) is 0 Å². The molecule has 0 radical (unpaired) electrons. The van der Waals surface area contributed by atoms with Crippen LogP contribution >= 0.6 is 0 Å². The first-order valence-electron chi connectivity index (χ1n) is 4.82. The van der Waals surface area contributed by atoms with Crippen molar-refractivity contribution >= 4 is 17.3 Å². The monoisotopic (exact) mass is 229 g/mol. The molecule has 1 heterocycles. The van der Waals surface area contributed by atoms with E-state index in [-0.39, 0.29) is 5.69 Å². The Balaban J connectivity index is 2.85. The maximum atomic E-state index is 13.0. The van der Waals surface area contributed by atoms with Crippen molar-refractivity contribution in [2.45, 2.75) is 19.3 Å². The van der Waals surface area contributed by atoms with E-state index in [2.05, 4.69) is 15.6 Å². The van der Waals surface area contributed by atoms with Gasteiger partial charge in [-0.15, -0.1) is 0 Å². The second-order valence-electron chi connectivity index (χ2n) is 3.18. The number of carbonyl (C=O) groups is 1. The molecular weight excluding hydrogens is 216 g/mol. The van der Waals surface area contributed by atoms with Crippen molar-refractivity contribution < 1.29 is 13.6 Å². The molecule has 0 aliphatic carbocycles. The lowest BCUT2D eigenvalue weighted by Crippen LogP contribution is -2.34. The zero-order valence-electron chi connectivity index (χ0n) is 9.05. The van der Waals surface area contributed by atoms with Crippen LogP contribution in [-0.2, 0) is 4.79 Å². The van der Waals surface area contributed by atoms with Gasteiger partial charge in [0.1, 0.15) is 0 Å². The first kappa shape index (κ1) is 12.4. The van der Waals surface area contributed by atoms with E-state index in [1.54, 1.807) is 13.1 Å². The van der Waals surface area contributed by atoms with Gasteiger partial charge in [0, 0.05) is 19.7 Å². The van der Waals surface area contributed by atoms with E-state index >= 15 is 0 Å². The molecule has 0 aliphatic heterocycles. The van der Waals surface area contributed by atoms with Crippen LogP contribution in [0.5, 0.6) is 0 Å². The molecule has 4 nitrogen and oxygen atoms in total. The molecule has 0 saturated carbocycles. The summed E-state index contributed by atoms with van der Waals surface area (Å²) in [6.45, 7) is 1.25. The molecular formula is C10H13F2N3O. The lowest BCUT2D eigenvalue weighted by atomic mass is 10.2. The standard InChI is InChI=1S/C10H13F2N3O/c1-3-10(11,12)9(16)15-8-6-14-5-4-7(8)13-2/h4-6H,3H2,1-2H3,(H,13,14)(H,15,16). The van der Waals surface area contributed by atoms with Gasteiger partial charge in [0.25, 0.3) is 5.91 Å². The van der Waals surface area contributed by atoms with Crippen LogP contribution in [0.3, 0.4) is 0 Å². The minimum atomic E-state index is -3.36. The molecule has 2 N–H and O–H groups in total. The SMILES string of the molecule is CCC(F)(F)C(=O)Nc1cnccc1NC. The van der Waals surface area contributed by atoms with Crippen LogP contribution in [-0.4, -0.2) is 23.9 Å². The second-order valence-corrected chi connectivity index (χ2v) is 3.18. The predicted molar refractivity (Wildman–Crippen MR) is 57.7 cm³/mol. The number of halogens is 2. The van der Waals surface area contributed by atoms with Crippen LogP contribution in [0.15, 0.2) is 18.5 Å². The second kappa shape index (κ2) is 4.87. The van der Waals surface area contributed by atoms with Gasteiger partial charge in [0.15, 0.2) is 0 Å². The number of hydrogen-bond donors (Lipinski definition) is 2. The molecule has 0 spiro atoms. The highest BCUT2D eigenvalue weighted by molar-refractivity contribution is 5.98. The van der Waals surface area contributed by atoms with Crippen molar-refractivity contribution in [2.24, 2.45) is 0 Å². The normalized spacial score (nSPS) is 11.0. The Morgan fingerprint density at radius 2 is 2.19 bits per heavy atom. The van der Waals surface area contributed by atoms with Gasteiger partial charge in [-0.3, -0.25) is 9.78 Å². The van der Waals surface area contributed by atoms with E-state index in [1.807, 2.05) is 0 Å². The van der Waals surface area contributed by atoms with Gasteiger partial charge in [-0.25, -0.2) is 0 Å². The molecule has 1 amide bonds.